The van der Waals surface area contributed by atoms with Crippen molar-refractivity contribution >= 4 is 5.97 Å². The fourth-order valence-corrected chi connectivity index (χ4v) is 0.522. The number of carbonyl (C=O) groups is 1. The fraction of sp³-hybridized carbons (Fsp3) is 0.571. The van der Waals surface area contributed by atoms with E-state index in [0.29, 0.717) is 12.8 Å². The maximum absolute atomic E-state index is 9.89. The molecule has 0 radical (unpaired) electrons. The van der Waals surface area contributed by atoms with E-state index in [1.807, 2.05) is 0 Å². The monoisotopic (exact) mass is 144 g/mol. The lowest BCUT2D eigenvalue weighted by Crippen LogP contribution is -1.97. The van der Waals surface area contributed by atoms with Crippen molar-refractivity contribution in [3.63, 3.8) is 0 Å². The van der Waals surface area contributed by atoms with Gasteiger partial charge < -0.3 is 10.2 Å². The van der Waals surface area contributed by atoms with E-state index in [4.69, 9.17) is 10.2 Å². The van der Waals surface area contributed by atoms with E-state index in [0.717, 1.165) is 6.08 Å². The van der Waals surface area contributed by atoms with Crippen LogP contribution in [0.15, 0.2) is 12.2 Å². The standard InChI is InChI=1S/C7H12O3/c1-6(8)4-2-3-5-7(9)10/h3,5-6,8H,2,4H2,1H3,(H,9,10)/b5-3+. The molecule has 0 aromatic heterocycles. The van der Waals surface area contributed by atoms with Gasteiger partial charge in [0, 0.05) is 6.08 Å². The van der Waals surface area contributed by atoms with Crippen LogP contribution < -0.4 is 0 Å². The quantitative estimate of drug-likeness (QED) is 0.573. The second-order valence-corrected chi connectivity index (χ2v) is 2.17. The van der Waals surface area contributed by atoms with E-state index in [-0.39, 0.29) is 6.10 Å². The van der Waals surface area contributed by atoms with Crippen LogP contribution in [0.25, 0.3) is 0 Å². The van der Waals surface area contributed by atoms with Crippen LogP contribution in [-0.4, -0.2) is 22.3 Å². The molecule has 58 valence electrons. The normalized spacial score (nSPS) is 13.8. The molecular weight excluding hydrogens is 132 g/mol. The van der Waals surface area contributed by atoms with Crippen LogP contribution in [0.2, 0.25) is 0 Å². The van der Waals surface area contributed by atoms with Gasteiger partial charge in [-0.15, -0.1) is 0 Å². The molecule has 0 aliphatic carbocycles. The molecule has 0 aromatic carbocycles. The molecule has 1 atom stereocenters. The largest absolute Gasteiger partial charge is 0.478 e. The summed E-state index contributed by atoms with van der Waals surface area (Å²) in [4.78, 5) is 9.89. The van der Waals surface area contributed by atoms with Gasteiger partial charge in [-0.3, -0.25) is 0 Å². The first-order valence-electron chi connectivity index (χ1n) is 3.20. The van der Waals surface area contributed by atoms with Crippen LogP contribution in [0.5, 0.6) is 0 Å². The van der Waals surface area contributed by atoms with Gasteiger partial charge in [0.2, 0.25) is 0 Å². The fourth-order valence-electron chi connectivity index (χ4n) is 0.522. The zero-order valence-electron chi connectivity index (χ0n) is 5.95. The Morgan fingerprint density at radius 2 is 2.30 bits per heavy atom. The minimum absolute atomic E-state index is 0.349. The summed E-state index contributed by atoms with van der Waals surface area (Å²) in [6.07, 6.45) is 3.50. The third-order valence-electron chi connectivity index (χ3n) is 1.01. The molecule has 0 aliphatic rings. The lowest BCUT2D eigenvalue weighted by atomic mass is 10.2. The van der Waals surface area contributed by atoms with E-state index in [9.17, 15) is 4.79 Å². The zero-order chi connectivity index (χ0) is 7.98. The SMILES string of the molecule is CC(O)CC/C=C/C(=O)O. The maximum atomic E-state index is 9.89. The number of aliphatic hydroxyl groups is 1. The smallest absolute Gasteiger partial charge is 0.327 e. The van der Waals surface area contributed by atoms with Gasteiger partial charge in [0.25, 0.3) is 0 Å². The first-order valence-corrected chi connectivity index (χ1v) is 3.20. The average molecular weight is 144 g/mol. The van der Waals surface area contributed by atoms with Crippen LogP contribution in [0.1, 0.15) is 19.8 Å². The zero-order valence-corrected chi connectivity index (χ0v) is 5.95. The summed E-state index contributed by atoms with van der Waals surface area (Å²) in [6.45, 7) is 1.68. The first-order chi connectivity index (χ1) is 4.63. The van der Waals surface area contributed by atoms with Crippen LogP contribution >= 0.6 is 0 Å². The van der Waals surface area contributed by atoms with Crippen LogP contribution in [-0.2, 0) is 4.79 Å². The molecule has 2 N–H and O–H groups in total. The van der Waals surface area contributed by atoms with Gasteiger partial charge in [-0.25, -0.2) is 4.79 Å². The Hall–Kier alpha value is -0.830. The summed E-state index contributed by atoms with van der Waals surface area (Å²) < 4.78 is 0. The predicted molar refractivity (Wildman–Crippen MR) is 37.7 cm³/mol. The number of aliphatic carboxylic acids is 1. The second-order valence-electron chi connectivity index (χ2n) is 2.17. The molecule has 10 heavy (non-hydrogen) atoms. The number of carboxylic acid groups (broad SMARTS) is 1. The van der Waals surface area contributed by atoms with Gasteiger partial charge in [-0.2, -0.15) is 0 Å². The van der Waals surface area contributed by atoms with Gasteiger partial charge in [-0.05, 0) is 19.8 Å². The van der Waals surface area contributed by atoms with Crippen LogP contribution in [0.3, 0.4) is 0 Å². The lowest BCUT2D eigenvalue weighted by Gasteiger charge is -1.97. The van der Waals surface area contributed by atoms with Crippen LogP contribution in [0.4, 0.5) is 0 Å². The van der Waals surface area contributed by atoms with Crippen molar-refractivity contribution in [3.05, 3.63) is 12.2 Å². The molecular formula is C7H12O3. The number of carboxylic acids is 1. The van der Waals surface area contributed by atoms with Crippen molar-refractivity contribution in [1.29, 1.82) is 0 Å². The van der Waals surface area contributed by atoms with Gasteiger partial charge in [0.05, 0.1) is 6.10 Å². The van der Waals surface area contributed by atoms with Crippen molar-refractivity contribution < 1.29 is 15.0 Å². The molecule has 3 heteroatoms. The van der Waals surface area contributed by atoms with Crippen molar-refractivity contribution in [2.75, 3.05) is 0 Å². The summed E-state index contributed by atoms with van der Waals surface area (Å²) in [5.74, 6) is -0.939. The Morgan fingerprint density at radius 3 is 2.70 bits per heavy atom. The highest BCUT2D eigenvalue weighted by molar-refractivity contribution is 5.79. The Labute approximate surface area is 60.0 Å². The summed E-state index contributed by atoms with van der Waals surface area (Å²) in [7, 11) is 0. The molecule has 0 spiro atoms. The molecule has 0 bridgehead atoms. The Bertz CT molecular complexity index is 127. The second kappa shape index (κ2) is 4.99. The van der Waals surface area contributed by atoms with Gasteiger partial charge >= 0.3 is 5.97 Å². The molecule has 0 amide bonds. The van der Waals surface area contributed by atoms with Gasteiger partial charge in [0.1, 0.15) is 0 Å². The van der Waals surface area contributed by atoms with E-state index in [2.05, 4.69) is 0 Å². The average Bonchev–Trinajstić information content (AvgIpc) is 1.79. The van der Waals surface area contributed by atoms with Crippen molar-refractivity contribution in [3.8, 4) is 0 Å². The van der Waals surface area contributed by atoms with E-state index in [1.165, 1.54) is 6.08 Å². The Balaban J connectivity index is 3.27. The van der Waals surface area contributed by atoms with E-state index < -0.39 is 5.97 Å². The third-order valence-corrected chi connectivity index (χ3v) is 1.01. The van der Waals surface area contributed by atoms with Gasteiger partial charge in [-0.1, -0.05) is 6.08 Å². The first kappa shape index (κ1) is 9.17. The summed E-state index contributed by atoms with van der Waals surface area (Å²) >= 11 is 0. The molecule has 0 rings (SSSR count). The highest BCUT2D eigenvalue weighted by atomic mass is 16.4. The topological polar surface area (TPSA) is 57.5 Å². The summed E-state index contributed by atoms with van der Waals surface area (Å²) in [5, 5.41) is 16.9. The van der Waals surface area contributed by atoms with E-state index >= 15 is 0 Å². The molecule has 0 heterocycles. The van der Waals surface area contributed by atoms with E-state index in [1.54, 1.807) is 6.92 Å². The minimum Gasteiger partial charge on any atom is -0.478 e. The molecule has 1 unspecified atom stereocenters. The number of hydrogen-bond acceptors (Lipinski definition) is 2. The molecule has 3 nitrogen and oxygen atoms in total. The Kier molecular flexibility index (Phi) is 4.58. The number of hydrogen-bond donors (Lipinski definition) is 2. The lowest BCUT2D eigenvalue weighted by molar-refractivity contribution is -0.131. The maximum Gasteiger partial charge on any atom is 0.327 e. The molecule has 0 saturated carbocycles. The third kappa shape index (κ3) is 7.17. The molecule has 0 aromatic rings. The Morgan fingerprint density at radius 1 is 1.70 bits per heavy atom. The highest BCUT2D eigenvalue weighted by Gasteiger charge is 1.91. The number of aliphatic hydroxyl groups excluding tert-OH is 1. The highest BCUT2D eigenvalue weighted by Crippen LogP contribution is 1.95. The molecule has 0 aliphatic heterocycles. The van der Waals surface area contributed by atoms with Crippen LogP contribution in [0, 0.1) is 0 Å². The summed E-state index contributed by atoms with van der Waals surface area (Å²) in [5.41, 5.74) is 0. The van der Waals surface area contributed by atoms with Crippen molar-refractivity contribution in [2.24, 2.45) is 0 Å². The minimum atomic E-state index is -0.939. The molecule has 0 fully saturated rings. The predicted octanol–water partition coefficient (Wildman–Crippen LogP) is 0.788. The summed E-state index contributed by atoms with van der Waals surface area (Å²) in [6, 6.07) is 0. The van der Waals surface area contributed by atoms with Gasteiger partial charge in [0.15, 0.2) is 0 Å². The van der Waals surface area contributed by atoms with Crippen molar-refractivity contribution in [2.45, 2.75) is 25.9 Å². The number of allylic oxidation sites excluding steroid dienone is 1. The number of rotatable bonds is 4. The van der Waals surface area contributed by atoms with Crippen molar-refractivity contribution in [1.82, 2.24) is 0 Å². The molecule has 0 saturated heterocycles.